The van der Waals surface area contributed by atoms with E-state index in [1.165, 1.54) is 0 Å². The molecule has 0 radical (unpaired) electrons. The average Bonchev–Trinajstić information content (AvgIpc) is 3.28. The van der Waals surface area contributed by atoms with Gasteiger partial charge in [0, 0.05) is 5.92 Å². The third kappa shape index (κ3) is 6.59. The van der Waals surface area contributed by atoms with Crippen LogP contribution < -0.4 is 22.1 Å². The Balaban J connectivity index is 1.49. The summed E-state index contributed by atoms with van der Waals surface area (Å²) in [5.41, 5.74) is 16.2. The molecule has 6 N–H and O–H groups in total. The molecule has 0 bridgehead atoms. The Morgan fingerprint density at radius 3 is 2.13 bits per heavy atom. The van der Waals surface area contributed by atoms with E-state index in [9.17, 15) is 14.4 Å². The van der Waals surface area contributed by atoms with Gasteiger partial charge >= 0.3 is 12.1 Å². The largest absolute Gasteiger partial charge is 0.464 e. The molecule has 39 heavy (non-hydrogen) atoms. The van der Waals surface area contributed by atoms with Gasteiger partial charge in [0.05, 0.1) is 6.61 Å². The van der Waals surface area contributed by atoms with Crippen LogP contribution in [0.15, 0.2) is 48.5 Å². The van der Waals surface area contributed by atoms with Crippen LogP contribution in [0.25, 0.3) is 11.1 Å². The number of hydrogen-bond donors (Lipinski definition) is 4. The van der Waals surface area contributed by atoms with Gasteiger partial charge in [0.2, 0.25) is 5.91 Å². The molecule has 0 saturated carbocycles. The first-order valence-corrected chi connectivity index (χ1v) is 14.0. The fraction of sp³-hybridized carbons (Fsp3) is 0.500. The number of carbonyl (C=O) groups is 3. The van der Waals surface area contributed by atoms with E-state index in [4.69, 9.17) is 20.9 Å². The molecule has 1 aliphatic carbocycles. The second-order valence-corrected chi connectivity index (χ2v) is 10.3. The lowest BCUT2D eigenvalue weighted by Gasteiger charge is -2.28. The highest BCUT2D eigenvalue weighted by Gasteiger charge is 2.38. The molecule has 1 aliphatic heterocycles. The van der Waals surface area contributed by atoms with E-state index in [2.05, 4.69) is 34.9 Å². The standard InChI is InChI=1S/C30H40N4O5/c1-2-38-29(36)27-20(15-17-32)9-7-8-19(14-16-31)26(28(35)33-27)34-30(37)39-18-25-23-12-5-3-10-21(23)22-11-4-6-13-24(22)25/h3-6,10-13,19-20,25-27H,2,7-9,14-18,31-32H2,1H3,(H,33,35)(H,34,37). The SMILES string of the molecule is CCOC(=O)C1NC(=O)C(NC(=O)OCC2c3ccccc3-c3ccccc32)C(CCN)CCCC1CCN. The van der Waals surface area contributed by atoms with Crippen molar-refractivity contribution in [3.63, 3.8) is 0 Å². The molecule has 0 spiro atoms. The van der Waals surface area contributed by atoms with Gasteiger partial charge in [-0.1, -0.05) is 55.0 Å². The van der Waals surface area contributed by atoms with Gasteiger partial charge in [-0.15, -0.1) is 0 Å². The predicted octanol–water partition coefficient (Wildman–Crippen LogP) is 3.06. The minimum Gasteiger partial charge on any atom is -0.464 e. The minimum atomic E-state index is -0.891. The van der Waals surface area contributed by atoms with Crippen LogP contribution in [-0.2, 0) is 19.1 Å². The van der Waals surface area contributed by atoms with Crippen LogP contribution in [0, 0.1) is 11.8 Å². The van der Waals surface area contributed by atoms with Crippen molar-refractivity contribution in [2.45, 2.75) is 57.0 Å². The second-order valence-electron chi connectivity index (χ2n) is 10.3. The Morgan fingerprint density at radius 1 is 0.923 bits per heavy atom. The quantitative estimate of drug-likeness (QED) is 0.360. The van der Waals surface area contributed by atoms with E-state index in [0.29, 0.717) is 38.8 Å². The molecule has 9 heteroatoms. The number of alkyl carbamates (subject to hydrolysis) is 1. The number of carbonyl (C=O) groups excluding carboxylic acids is 3. The van der Waals surface area contributed by atoms with E-state index >= 15 is 0 Å². The molecule has 2 aliphatic rings. The summed E-state index contributed by atoms with van der Waals surface area (Å²) in [5, 5.41) is 5.67. The Morgan fingerprint density at radius 2 is 1.51 bits per heavy atom. The number of nitrogens with two attached hydrogens (primary N) is 2. The number of benzene rings is 2. The first kappa shape index (κ1) is 28.6. The van der Waals surface area contributed by atoms with Crippen LogP contribution in [0.3, 0.4) is 0 Å². The molecular formula is C30H40N4O5. The zero-order valence-corrected chi connectivity index (χ0v) is 22.6. The molecule has 2 amide bonds. The second kappa shape index (κ2) is 13.6. The molecule has 2 aromatic rings. The molecule has 1 heterocycles. The van der Waals surface area contributed by atoms with Crippen molar-refractivity contribution in [1.29, 1.82) is 0 Å². The van der Waals surface area contributed by atoms with Gasteiger partial charge in [-0.2, -0.15) is 0 Å². The van der Waals surface area contributed by atoms with E-state index in [-0.39, 0.29) is 31.0 Å². The van der Waals surface area contributed by atoms with Gasteiger partial charge in [-0.05, 0) is 79.8 Å². The Kier molecular flexibility index (Phi) is 9.95. The highest BCUT2D eigenvalue weighted by Crippen LogP contribution is 2.44. The van der Waals surface area contributed by atoms with E-state index in [1.54, 1.807) is 6.92 Å². The maximum Gasteiger partial charge on any atom is 0.407 e. The summed E-state index contributed by atoms with van der Waals surface area (Å²) < 4.78 is 11.0. The van der Waals surface area contributed by atoms with Crippen molar-refractivity contribution in [2.75, 3.05) is 26.3 Å². The van der Waals surface area contributed by atoms with Gasteiger partial charge in [0.1, 0.15) is 18.7 Å². The van der Waals surface area contributed by atoms with E-state index in [0.717, 1.165) is 28.7 Å². The third-order valence-corrected chi connectivity index (χ3v) is 7.91. The van der Waals surface area contributed by atoms with Crippen LogP contribution in [0.2, 0.25) is 0 Å². The van der Waals surface area contributed by atoms with Crippen LogP contribution in [-0.4, -0.2) is 56.4 Å². The molecule has 1 fully saturated rings. The first-order chi connectivity index (χ1) is 19.0. The van der Waals surface area contributed by atoms with Crippen LogP contribution in [0.5, 0.6) is 0 Å². The molecule has 0 aromatic heterocycles. The lowest BCUT2D eigenvalue weighted by Crippen LogP contribution is -2.56. The third-order valence-electron chi connectivity index (χ3n) is 7.91. The van der Waals surface area contributed by atoms with Crippen molar-refractivity contribution in [1.82, 2.24) is 10.6 Å². The summed E-state index contributed by atoms with van der Waals surface area (Å²) in [6, 6.07) is 14.5. The first-order valence-electron chi connectivity index (χ1n) is 14.0. The predicted molar refractivity (Wildman–Crippen MR) is 149 cm³/mol. The Bertz CT molecular complexity index is 1110. The number of nitrogens with one attached hydrogen (secondary N) is 2. The number of esters is 1. The Hall–Kier alpha value is -3.43. The Labute approximate surface area is 230 Å². The normalized spacial score (nSPS) is 22.9. The summed E-state index contributed by atoms with van der Waals surface area (Å²) >= 11 is 0. The average molecular weight is 537 g/mol. The van der Waals surface area contributed by atoms with Gasteiger partial charge in [0.15, 0.2) is 0 Å². The zero-order chi connectivity index (χ0) is 27.8. The molecule has 210 valence electrons. The highest BCUT2D eigenvalue weighted by atomic mass is 16.5. The summed E-state index contributed by atoms with van der Waals surface area (Å²) in [4.78, 5) is 39.4. The fourth-order valence-corrected chi connectivity index (χ4v) is 6.03. The van der Waals surface area contributed by atoms with Crippen molar-refractivity contribution in [3.8, 4) is 11.1 Å². The molecular weight excluding hydrogens is 496 g/mol. The molecule has 1 saturated heterocycles. The molecule has 2 aromatic carbocycles. The molecule has 4 unspecified atom stereocenters. The fourth-order valence-electron chi connectivity index (χ4n) is 6.03. The lowest BCUT2D eigenvalue weighted by atomic mass is 9.87. The molecule has 4 rings (SSSR count). The van der Waals surface area contributed by atoms with Gasteiger partial charge in [-0.25, -0.2) is 9.59 Å². The van der Waals surface area contributed by atoms with E-state index < -0.39 is 30.1 Å². The highest BCUT2D eigenvalue weighted by molar-refractivity contribution is 5.90. The molecule has 4 atom stereocenters. The zero-order valence-electron chi connectivity index (χ0n) is 22.6. The minimum absolute atomic E-state index is 0.0948. The van der Waals surface area contributed by atoms with Crippen LogP contribution in [0.4, 0.5) is 4.79 Å². The summed E-state index contributed by atoms with van der Waals surface area (Å²) in [7, 11) is 0. The van der Waals surface area contributed by atoms with E-state index in [1.807, 2.05) is 24.3 Å². The maximum atomic E-state index is 13.5. The summed E-state index contributed by atoms with van der Waals surface area (Å²) in [6.07, 6.45) is 2.60. The number of ether oxygens (including phenoxy) is 2. The van der Waals surface area contributed by atoms with Gasteiger partial charge in [-0.3, -0.25) is 4.79 Å². The van der Waals surface area contributed by atoms with Crippen molar-refractivity contribution >= 4 is 18.0 Å². The lowest BCUT2D eigenvalue weighted by molar-refractivity contribution is -0.149. The smallest absolute Gasteiger partial charge is 0.407 e. The number of rotatable bonds is 9. The summed E-state index contributed by atoms with van der Waals surface area (Å²) in [6.45, 7) is 2.83. The van der Waals surface area contributed by atoms with Crippen molar-refractivity contribution < 1.29 is 23.9 Å². The monoisotopic (exact) mass is 536 g/mol. The maximum absolute atomic E-state index is 13.5. The summed E-state index contributed by atoms with van der Waals surface area (Å²) in [5.74, 6) is -1.37. The topological polar surface area (TPSA) is 146 Å². The van der Waals surface area contributed by atoms with Crippen molar-refractivity contribution in [2.24, 2.45) is 23.3 Å². The number of fused-ring (bicyclic) bond motifs is 3. The van der Waals surface area contributed by atoms with Crippen LogP contribution >= 0.6 is 0 Å². The molecule has 9 nitrogen and oxygen atoms in total. The van der Waals surface area contributed by atoms with Crippen LogP contribution in [0.1, 0.15) is 56.1 Å². The van der Waals surface area contributed by atoms with Gasteiger partial charge < -0.3 is 31.6 Å². The van der Waals surface area contributed by atoms with Gasteiger partial charge in [0.25, 0.3) is 0 Å². The van der Waals surface area contributed by atoms with Crippen molar-refractivity contribution in [3.05, 3.63) is 59.7 Å². The number of hydrogen-bond acceptors (Lipinski definition) is 7. The number of amides is 2.